The summed E-state index contributed by atoms with van der Waals surface area (Å²) in [6.07, 6.45) is 0. The highest BCUT2D eigenvalue weighted by atomic mass is 32.1. The predicted molar refractivity (Wildman–Crippen MR) is 109 cm³/mol. The number of rotatable bonds is 3. The molecule has 2 heterocycles. The molecular formula is C22H19FN2O2S. The van der Waals surface area contributed by atoms with Gasteiger partial charge < -0.3 is 4.90 Å². The van der Waals surface area contributed by atoms with Crippen molar-refractivity contribution < 1.29 is 14.0 Å². The number of benzene rings is 2. The number of carbonyl (C=O) groups excluding carboxylic acids is 2. The molecule has 2 aromatic carbocycles. The summed E-state index contributed by atoms with van der Waals surface area (Å²) < 4.78 is 14.5. The lowest BCUT2D eigenvalue weighted by atomic mass is 10.0. The molecule has 0 radical (unpaired) electrons. The van der Waals surface area contributed by atoms with Crippen molar-refractivity contribution in [1.29, 1.82) is 0 Å². The van der Waals surface area contributed by atoms with Crippen molar-refractivity contribution in [3.05, 3.63) is 81.8 Å². The number of carbonyl (C=O) groups is 2. The normalized spacial score (nSPS) is 17.3. The third kappa shape index (κ3) is 2.99. The molecule has 1 aromatic heterocycles. The lowest BCUT2D eigenvalue weighted by Gasteiger charge is -2.40. The van der Waals surface area contributed by atoms with Crippen molar-refractivity contribution >= 4 is 34.5 Å². The van der Waals surface area contributed by atoms with Crippen LogP contribution in [0.5, 0.6) is 0 Å². The van der Waals surface area contributed by atoms with Gasteiger partial charge in [0.15, 0.2) is 6.04 Å². The monoisotopic (exact) mass is 394 g/mol. The van der Waals surface area contributed by atoms with E-state index in [-0.39, 0.29) is 24.0 Å². The largest absolute Gasteiger partial charge is 0.301 e. The van der Waals surface area contributed by atoms with Gasteiger partial charge in [0, 0.05) is 10.6 Å². The van der Waals surface area contributed by atoms with Crippen LogP contribution in [-0.4, -0.2) is 18.4 Å². The summed E-state index contributed by atoms with van der Waals surface area (Å²) in [5.74, 6) is -1.08. The molecule has 0 saturated carbocycles. The molecule has 0 aliphatic carbocycles. The first-order valence-corrected chi connectivity index (χ1v) is 9.84. The zero-order valence-corrected chi connectivity index (χ0v) is 16.4. The first-order chi connectivity index (χ1) is 13.5. The van der Waals surface area contributed by atoms with Gasteiger partial charge in [-0.25, -0.2) is 4.39 Å². The Bertz CT molecular complexity index is 1050. The molecule has 3 aromatic rings. The summed E-state index contributed by atoms with van der Waals surface area (Å²) in [5, 5.41) is 1.85. The molecule has 1 aliphatic heterocycles. The number of para-hydroxylation sites is 1. The number of halogens is 1. The van der Waals surface area contributed by atoms with Gasteiger partial charge in [0.05, 0.1) is 5.69 Å². The van der Waals surface area contributed by atoms with Gasteiger partial charge in [0.25, 0.3) is 5.91 Å². The SMILES string of the molecule is Cc1cccc(N2CC(=O)N(c3ccccc3F)[C@@H](c3cccs3)C2=O)c1C. The third-order valence-electron chi connectivity index (χ3n) is 5.11. The molecular weight excluding hydrogens is 375 g/mol. The standard InChI is InChI=1S/C22H19FN2O2S/c1-14-7-5-10-17(15(14)2)24-13-20(26)25(18-9-4-3-8-16(18)23)21(22(24)27)19-11-6-12-28-19/h3-12,21H,13H2,1-2H3/t21-/m0/s1. The van der Waals surface area contributed by atoms with Gasteiger partial charge in [0.2, 0.25) is 5.91 Å². The van der Waals surface area contributed by atoms with Gasteiger partial charge in [-0.05, 0) is 54.6 Å². The van der Waals surface area contributed by atoms with E-state index in [0.717, 1.165) is 11.1 Å². The van der Waals surface area contributed by atoms with Gasteiger partial charge >= 0.3 is 0 Å². The second-order valence-corrected chi connectivity index (χ2v) is 7.76. The number of anilines is 2. The number of piperazine rings is 1. The minimum atomic E-state index is -0.891. The van der Waals surface area contributed by atoms with E-state index in [4.69, 9.17) is 0 Å². The third-order valence-corrected chi connectivity index (χ3v) is 6.04. The quantitative estimate of drug-likeness (QED) is 0.650. The van der Waals surface area contributed by atoms with Crippen LogP contribution in [0.1, 0.15) is 22.0 Å². The fourth-order valence-electron chi connectivity index (χ4n) is 3.54. The second kappa shape index (κ2) is 7.20. The maximum atomic E-state index is 14.5. The molecule has 1 saturated heterocycles. The molecule has 28 heavy (non-hydrogen) atoms. The van der Waals surface area contributed by atoms with Crippen molar-refractivity contribution in [2.75, 3.05) is 16.3 Å². The van der Waals surface area contributed by atoms with Crippen molar-refractivity contribution in [2.24, 2.45) is 0 Å². The fraction of sp³-hybridized carbons (Fsp3) is 0.182. The van der Waals surface area contributed by atoms with Crippen LogP contribution in [0.4, 0.5) is 15.8 Å². The van der Waals surface area contributed by atoms with Crippen LogP contribution in [0.15, 0.2) is 60.0 Å². The van der Waals surface area contributed by atoms with Crippen LogP contribution in [0.25, 0.3) is 0 Å². The Morgan fingerprint density at radius 3 is 2.43 bits per heavy atom. The lowest BCUT2D eigenvalue weighted by molar-refractivity contribution is -0.128. The van der Waals surface area contributed by atoms with E-state index in [2.05, 4.69) is 0 Å². The van der Waals surface area contributed by atoms with Crippen LogP contribution >= 0.6 is 11.3 Å². The van der Waals surface area contributed by atoms with Crippen molar-refractivity contribution in [1.82, 2.24) is 0 Å². The van der Waals surface area contributed by atoms with Gasteiger partial charge in [-0.15, -0.1) is 11.3 Å². The number of thiophene rings is 1. The van der Waals surface area contributed by atoms with Crippen LogP contribution in [-0.2, 0) is 9.59 Å². The molecule has 1 atom stereocenters. The summed E-state index contributed by atoms with van der Waals surface area (Å²) in [6.45, 7) is 3.78. The van der Waals surface area contributed by atoms with Gasteiger partial charge in [-0.3, -0.25) is 14.5 Å². The Kier molecular flexibility index (Phi) is 4.73. The van der Waals surface area contributed by atoms with Crippen LogP contribution in [0.2, 0.25) is 0 Å². The van der Waals surface area contributed by atoms with Crippen LogP contribution < -0.4 is 9.80 Å². The number of aryl methyl sites for hydroxylation is 1. The fourth-order valence-corrected chi connectivity index (χ4v) is 4.35. The summed E-state index contributed by atoms with van der Waals surface area (Å²) >= 11 is 1.38. The average Bonchev–Trinajstić information content (AvgIpc) is 3.20. The Labute approximate surface area is 166 Å². The first kappa shape index (κ1) is 18.4. The molecule has 142 valence electrons. The molecule has 0 N–H and O–H groups in total. The van der Waals surface area contributed by atoms with Crippen molar-refractivity contribution in [3.8, 4) is 0 Å². The Morgan fingerprint density at radius 2 is 1.71 bits per heavy atom. The minimum Gasteiger partial charge on any atom is -0.301 e. The molecule has 6 heteroatoms. The molecule has 0 bridgehead atoms. The number of hydrogen-bond acceptors (Lipinski definition) is 3. The van der Waals surface area contributed by atoms with Crippen molar-refractivity contribution in [2.45, 2.75) is 19.9 Å². The van der Waals surface area contributed by atoms with E-state index in [1.54, 1.807) is 18.2 Å². The first-order valence-electron chi connectivity index (χ1n) is 8.96. The molecule has 0 spiro atoms. The molecule has 0 unspecified atom stereocenters. The second-order valence-electron chi connectivity index (χ2n) is 6.78. The highest BCUT2D eigenvalue weighted by Crippen LogP contribution is 2.38. The Balaban J connectivity index is 1.84. The van der Waals surface area contributed by atoms with E-state index < -0.39 is 11.9 Å². The zero-order chi connectivity index (χ0) is 19.8. The summed E-state index contributed by atoms with van der Waals surface area (Å²) in [7, 11) is 0. The Morgan fingerprint density at radius 1 is 0.964 bits per heavy atom. The van der Waals surface area contributed by atoms with Gasteiger partial charge in [0.1, 0.15) is 12.4 Å². The molecule has 4 nitrogen and oxygen atoms in total. The number of amides is 2. The predicted octanol–water partition coefficient (Wildman–Crippen LogP) is 4.63. The van der Waals surface area contributed by atoms with E-state index >= 15 is 0 Å². The van der Waals surface area contributed by atoms with Crippen LogP contribution in [0.3, 0.4) is 0 Å². The zero-order valence-electron chi connectivity index (χ0n) is 15.6. The molecule has 2 amide bonds. The van der Waals surface area contributed by atoms with E-state index in [9.17, 15) is 14.0 Å². The number of nitrogens with zero attached hydrogens (tertiary/aromatic N) is 2. The van der Waals surface area contributed by atoms with Crippen molar-refractivity contribution in [3.63, 3.8) is 0 Å². The average molecular weight is 394 g/mol. The van der Waals surface area contributed by atoms with E-state index in [0.29, 0.717) is 10.6 Å². The minimum absolute atomic E-state index is 0.125. The molecule has 1 fully saturated rings. The number of hydrogen-bond donors (Lipinski definition) is 0. The topological polar surface area (TPSA) is 40.6 Å². The summed E-state index contributed by atoms with van der Waals surface area (Å²) in [4.78, 5) is 30.2. The lowest BCUT2D eigenvalue weighted by Crippen LogP contribution is -2.56. The summed E-state index contributed by atoms with van der Waals surface area (Å²) in [6, 6.07) is 14.5. The van der Waals surface area contributed by atoms with Crippen LogP contribution in [0, 0.1) is 19.7 Å². The highest BCUT2D eigenvalue weighted by molar-refractivity contribution is 7.10. The maximum Gasteiger partial charge on any atom is 0.256 e. The molecule has 4 rings (SSSR count). The van der Waals surface area contributed by atoms with E-state index in [1.165, 1.54) is 33.3 Å². The van der Waals surface area contributed by atoms with E-state index in [1.807, 2.05) is 43.5 Å². The maximum absolute atomic E-state index is 14.5. The molecule has 1 aliphatic rings. The van der Waals surface area contributed by atoms with Gasteiger partial charge in [-0.1, -0.05) is 30.3 Å². The highest BCUT2D eigenvalue weighted by Gasteiger charge is 2.43. The van der Waals surface area contributed by atoms with Gasteiger partial charge in [-0.2, -0.15) is 0 Å². The summed E-state index contributed by atoms with van der Waals surface area (Å²) in [5.41, 5.74) is 2.84. The Hall–Kier alpha value is -2.99. The smallest absolute Gasteiger partial charge is 0.256 e.